The van der Waals surface area contributed by atoms with Crippen molar-refractivity contribution in [1.29, 1.82) is 0 Å². The Labute approximate surface area is 93.2 Å². The number of rotatable bonds is 2. The van der Waals surface area contributed by atoms with Gasteiger partial charge in [-0.25, -0.2) is 13.2 Å². The Kier molecular flexibility index (Phi) is 3.40. The zero-order valence-corrected chi connectivity index (χ0v) is 8.52. The monoisotopic (exact) mass is 249 g/mol. The van der Waals surface area contributed by atoms with E-state index in [-0.39, 0.29) is 5.70 Å². The lowest BCUT2D eigenvalue weighted by Gasteiger charge is -2.06. The molecule has 0 fully saturated rings. The number of hydrogen-bond acceptors (Lipinski definition) is 3. The molecule has 0 aliphatic heterocycles. The predicted molar refractivity (Wildman–Crippen MR) is 50.2 cm³/mol. The van der Waals surface area contributed by atoms with Gasteiger partial charge in [0.15, 0.2) is 23.2 Å². The Hall–Kier alpha value is -2.05. The number of phenolic OH excluding ortho intramolecular Hbond substituents is 1. The first-order valence-corrected chi connectivity index (χ1v) is 4.30. The van der Waals surface area contributed by atoms with Gasteiger partial charge in [0.2, 0.25) is 11.6 Å². The third-order valence-corrected chi connectivity index (χ3v) is 1.85. The van der Waals surface area contributed by atoms with Crippen molar-refractivity contribution < 1.29 is 27.5 Å². The van der Waals surface area contributed by atoms with Crippen molar-refractivity contribution in [2.24, 2.45) is 5.73 Å². The van der Waals surface area contributed by atoms with E-state index in [4.69, 9.17) is 10.8 Å². The summed E-state index contributed by atoms with van der Waals surface area (Å²) in [5.41, 5.74) is 3.74. The number of halogens is 4. The van der Waals surface area contributed by atoms with Crippen molar-refractivity contribution in [2.45, 2.75) is 6.92 Å². The number of benzene rings is 1. The maximum Gasteiger partial charge on any atom is 0.204 e. The molecule has 17 heavy (non-hydrogen) atoms. The largest absolute Gasteiger partial charge is 0.504 e. The van der Waals surface area contributed by atoms with E-state index in [0.717, 1.165) is 0 Å². The van der Waals surface area contributed by atoms with Gasteiger partial charge in [0, 0.05) is 11.8 Å². The first-order valence-electron chi connectivity index (χ1n) is 4.30. The molecular formula is C10H7F4NO2. The van der Waals surface area contributed by atoms with Crippen LogP contribution in [0.3, 0.4) is 0 Å². The highest BCUT2D eigenvalue weighted by molar-refractivity contribution is 6.07. The lowest BCUT2D eigenvalue weighted by Crippen LogP contribution is -2.08. The van der Waals surface area contributed by atoms with Crippen LogP contribution in [-0.4, -0.2) is 10.9 Å². The highest BCUT2D eigenvalue weighted by Gasteiger charge is 2.28. The van der Waals surface area contributed by atoms with Gasteiger partial charge in [-0.2, -0.15) is 4.39 Å². The second-order valence-electron chi connectivity index (χ2n) is 3.23. The van der Waals surface area contributed by atoms with Crippen LogP contribution in [0.1, 0.15) is 17.3 Å². The summed E-state index contributed by atoms with van der Waals surface area (Å²) >= 11 is 0. The Balaban J connectivity index is 3.55. The Morgan fingerprint density at radius 2 is 1.59 bits per heavy atom. The average molecular weight is 249 g/mol. The van der Waals surface area contributed by atoms with Gasteiger partial charge in [-0.3, -0.25) is 4.79 Å². The molecule has 92 valence electrons. The van der Waals surface area contributed by atoms with E-state index in [2.05, 4.69) is 0 Å². The van der Waals surface area contributed by atoms with Crippen LogP contribution in [0.15, 0.2) is 11.8 Å². The van der Waals surface area contributed by atoms with E-state index in [9.17, 15) is 22.4 Å². The van der Waals surface area contributed by atoms with Gasteiger partial charge in [0.05, 0.1) is 0 Å². The molecule has 7 heteroatoms. The molecule has 0 spiro atoms. The summed E-state index contributed by atoms with van der Waals surface area (Å²) in [6.07, 6.45) is 0.648. The third kappa shape index (κ3) is 2.22. The fourth-order valence-corrected chi connectivity index (χ4v) is 1.12. The molecule has 0 aliphatic carbocycles. The first-order chi connectivity index (χ1) is 7.77. The zero-order valence-electron chi connectivity index (χ0n) is 8.52. The quantitative estimate of drug-likeness (QED) is 0.277. The number of carbonyl (C=O) groups is 1. The molecule has 0 bridgehead atoms. The Morgan fingerprint density at radius 1 is 1.12 bits per heavy atom. The summed E-state index contributed by atoms with van der Waals surface area (Å²) in [5, 5.41) is 9.05. The van der Waals surface area contributed by atoms with Crippen LogP contribution in [0, 0.1) is 23.3 Å². The molecule has 3 N–H and O–H groups in total. The van der Waals surface area contributed by atoms with Crippen molar-refractivity contribution in [1.82, 2.24) is 0 Å². The van der Waals surface area contributed by atoms with Crippen LogP contribution in [0.4, 0.5) is 17.6 Å². The summed E-state index contributed by atoms with van der Waals surface area (Å²) in [4.78, 5) is 11.3. The zero-order chi connectivity index (χ0) is 13.3. The lowest BCUT2D eigenvalue weighted by atomic mass is 10.1. The fourth-order valence-electron chi connectivity index (χ4n) is 1.12. The maximum atomic E-state index is 13.2. The molecule has 0 amide bonds. The molecule has 0 unspecified atom stereocenters. The lowest BCUT2D eigenvalue weighted by molar-refractivity contribution is 0.103. The highest BCUT2D eigenvalue weighted by Crippen LogP contribution is 2.29. The van der Waals surface area contributed by atoms with Crippen LogP contribution in [0.25, 0.3) is 0 Å². The first kappa shape index (κ1) is 13.0. The number of hydrogen-bond donors (Lipinski definition) is 2. The highest BCUT2D eigenvalue weighted by atomic mass is 19.2. The smallest absolute Gasteiger partial charge is 0.204 e. The number of allylic oxidation sites excluding steroid dienone is 2. The minimum Gasteiger partial charge on any atom is -0.504 e. The van der Waals surface area contributed by atoms with Crippen molar-refractivity contribution in [2.75, 3.05) is 0 Å². The molecule has 0 saturated carbocycles. The van der Waals surface area contributed by atoms with Crippen molar-refractivity contribution in [3.05, 3.63) is 40.6 Å². The normalized spacial score (nSPS) is 11.7. The summed E-state index contributed by atoms with van der Waals surface area (Å²) in [7, 11) is 0. The molecule has 3 nitrogen and oxygen atoms in total. The van der Waals surface area contributed by atoms with Gasteiger partial charge in [-0.15, -0.1) is 0 Å². The fraction of sp³-hybridized carbons (Fsp3) is 0.100. The minimum atomic E-state index is -2.19. The van der Waals surface area contributed by atoms with Crippen molar-refractivity contribution in [3.8, 4) is 5.75 Å². The van der Waals surface area contributed by atoms with Gasteiger partial charge in [0.1, 0.15) is 5.56 Å². The van der Waals surface area contributed by atoms with Gasteiger partial charge >= 0.3 is 0 Å². The van der Waals surface area contributed by atoms with Crippen LogP contribution < -0.4 is 5.73 Å². The average Bonchev–Trinajstić information content (AvgIpc) is 2.23. The van der Waals surface area contributed by atoms with E-state index in [1.807, 2.05) is 0 Å². The van der Waals surface area contributed by atoms with Crippen molar-refractivity contribution in [3.63, 3.8) is 0 Å². The van der Waals surface area contributed by atoms with Crippen LogP contribution in [-0.2, 0) is 0 Å². The maximum absolute atomic E-state index is 13.2. The number of ketones is 1. The van der Waals surface area contributed by atoms with Gasteiger partial charge < -0.3 is 10.8 Å². The molecule has 1 rings (SSSR count). The number of carbonyl (C=O) groups excluding carboxylic acids is 1. The summed E-state index contributed by atoms with van der Waals surface area (Å²) in [6.45, 7) is 1.27. The topological polar surface area (TPSA) is 63.3 Å². The van der Waals surface area contributed by atoms with Crippen LogP contribution in [0.2, 0.25) is 0 Å². The third-order valence-electron chi connectivity index (χ3n) is 1.85. The van der Waals surface area contributed by atoms with Crippen LogP contribution >= 0.6 is 0 Å². The molecule has 1 aromatic carbocycles. The second-order valence-corrected chi connectivity index (χ2v) is 3.23. The standard InChI is InChI=1S/C10H7F4NO2/c1-3(15)2-4(16)5-6(11)7(12)8(13)9(14)10(5)17/h2,17H,15H2,1H3/b3-2+. The van der Waals surface area contributed by atoms with E-state index < -0.39 is 40.4 Å². The van der Waals surface area contributed by atoms with E-state index in [1.54, 1.807) is 0 Å². The molecule has 0 atom stereocenters. The Bertz CT molecular complexity index is 493. The van der Waals surface area contributed by atoms with Gasteiger partial charge in [-0.1, -0.05) is 0 Å². The summed E-state index contributed by atoms with van der Waals surface area (Å²) in [5.74, 6) is -11.2. The number of aromatic hydroxyl groups is 1. The summed E-state index contributed by atoms with van der Waals surface area (Å²) < 4.78 is 51.5. The number of nitrogens with two attached hydrogens (primary N) is 1. The summed E-state index contributed by atoms with van der Waals surface area (Å²) in [6, 6.07) is 0. The molecule has 0 heterocycles. The molecule has 1 aromatic rings. The van der Waals surface area contributed by atoms with E-state index in [1.165, 1.54) is 6.92 Å². The van der Waals surface area contributed by atoms with Crippen LogP contribution in [0.5, 0.6) is 5.75 Å². The second kappa shape index (κ2) is 4.44. The predicted octanol–water partition coefficient (Wildman–Crippen LogP) is 1.99. The molecule has 0 saturated heterocycles. The number of phenols is 1. The van der Waals surface area contributed by atoms with Gasteiger partial charge in [0.25, 0.3) is 0 Å². The Morgan fingerprint density at radius 3 is 2.06 bits per heavy atom. The van der Waals surface area contributed by atoms with Crippen molar-refractivity contribution >= 4 is 5.78 Å². The molecule has 0 radical (unpaired) electrons. The minimum absolute atomic E-state index is 0.0704. The van der Waals surface area contributed by atoms with Gasteiger partial charge in [-0.05, 0) is 6.92 Å². The molecule has 0 aromatic heterocycles. The van der Waals surface area contributed by atoms with E-state index >= 15 is 0 Å². The SMILES string of the molecule is C/C(N)=C\C(=O)c1c(O)c(F)c(F)c(F)c1F. The molecule has 0 aliphatic rings. The molecular weight excluding hydrogens is 242 g/mol. The van der Waals surface area contributed by atoms with E-state index in [0.29, 0.717) is 6.08 Å².